The van der Waals surface area contributed by atoms with Gasteiger partial charge in [0.1, 0.15) is 0 Å². The predicted molar refractivity (Wildman–Crippen MR) is 73.4 cm³/mol. The van der Waals surface area contributed by atoms with Crippen LogP contribution in [-0.2, 0) is 0 Å². The van der Waals surface area contributed by atoms with Crippen LogP contribution in [0, 0.1) is 17.8 Å². The molecule has 1 aromatic rings. The lowest BCUT2D eigenvalue weighted by molar-refractivity contribution is 0.303. The SMILES string of the molecule is COc1c(NC(C)C2CC3CCC2C3)nc[nH]c1=O. The summed E-state index contributed by atoms with van der Waals surface area (Å²) in [5.41, 5.74) is -0.236. The number of hydrogen-bond donors (Lipinski definition) is 2. The number of ether oxygens (including phenoxy) is 1. The van der Waals surface area contributed by atoms with Crippen molar-refractivity contribution in [2.75, 3.05) is 12.4 Å². The van der Waals surface area contributed by atoms with Gasteiger partial charge in [0.05, 0.1) is 13.4 Å². The molecule has 0 spiro atoms. The van der Waals surface area contributed by atoms with Gasteiger partial charge in [0.25, 0.3) is 5.56 Å². The highest BCUT2D eigenvalue weighted by molar-refractivity contribution is 5.48. The van der Waals surface area contributed by atoms with Crippen molar-refractivity contribution >= 4 is 5.82 Å². The molecule has 3 rings (SSSR count). The molecule has 2 aliphatic carbocycles. The summed E-state index contributed by atoms with van der Waals surface area (Å²) < 4.78 is 5.13. The summed E-state index contributed by atoms with van der Waals surface area (Å²) >= 11 is 0. The molecule has 104 valence electrons. The third-order valence-corrected chi connectivity index (χ3v) is 4.81. The Labute approximate surface area is 112 Å². The van der Waals surface area contributed by atoms with Crippen LogP contribution in [0.5, 0.6) is 5.75 Å². The van der Waals surface area contributed by atoms with Crippen molar-refractivity contribution in [2.24, 2.45) is 17.8 Å². The summed E-state index contributed by atoms with van der Waals surface area (Å²) in [6.45, 7) is 2.19. The minimum Gasteiger partial charge on any atom is -0.489 e. The Bertz CT molecular complexity index is 514. The van der Waals surface area contributed by atoms with Crippen molar-refractivity contribution in [3.05, 3.63) is 16.7 Å². The molecular weight excluding hydrogens is 242 g/mol. The van der Waals surface area contributed by atoms with Crippen LogP contribution in [0.2, 0.25) is 0 Å². The largest absolute Gasteiger partial charge is 0.489 e. The summed E-state index contributed by atoms with van der Waals surface area (Å²) in [5.74, 6) is 3.30. The highest BCUT2D eigenvalue weighted by Gasteiger charge is 2.42. The third-order valence-electron chi connectivity index (χ3n) is 4.81. The van der Waals surface area contributed by atoms with Crippen molar-refractivity contribution in [3.63, 3.8) is 0 Å². The summed E-state index contributed by atoms with van der Waals surface area (Å²) in [6, 6.07) is 0.332. The molecule has 2 saturated carbocycles. The Hall–Kier alpha value is -1.52. The maximum atomic E-state index is 11.6. The fourth-order valence-electron chi connectivity index (χ4n) is 3.91. The average Bonchev–Trinajstić information content (AvgIpc) is 3.01. The van der Waals surface area contributed by atoms with Gasteiger partial charge < -0.3 is 15.0 Å². The number of aromatic nitrogens is 2. The molecule has 0 aromatic carbocycles. The number of methoxy groups -OCH3 is 1. The number of nitrogens with zero attached hydrogens (tertiary/aromatic N) is 1. The van der Waals surface area contributed by atoms with Crippen LogP contribution in [0.1, 0.15) is 32.6 Å². The van der Waals surface area contributed by atoms with Gasteiger partial charge in [0.2, 0.25) is 5.75 Å². The zero-order valence-corrected chi connectivity index (χ0v) is 11.5. The van der Waals surface area contributed by atoms with E-state index in [4.69, 9.17) is 4.74 Å². The molecule has 1 aromatic heterocycles. The van der Waals surface area contributed by atoms with Gasteiger partial charge in [-0.1, -0.05) is 6.42 Å². The van der Waals surface area contributed by atoms with E-state index in [9.17, 15) is 4.79 Å². The summed E-state index contributed by atoms with van der Waals surface area (Å²) in [6.07, 6.45) is 6.88. The standard InChI is InChI=1S/C14H21N3O2/c1-8(11-6-9-3-4-10(11)5-9)17-13-12(19-2)14(18)16-7-15-13/h7-11H,3-6H2,1-2H3,(H2,15,16,17,18). The molecule has 0 radical (unpaired) electrons. The van der Waals surface area contributed by atoms with Gasteiger partial charge in [0.15, 0.2) is 5.82 Å². The van der Waals surface area contributed by atoms with E-state index >= 15 is 0 Å². The summed E-state index contributed by atoms with van der Waals surface area (Å²) in [4.78, 5) is 18.4. The number of anilines is 1. The second-order valence-corrected chi connectivity index (χ2v) is 5.89. The lowest BCUT2D eigenvalue weighted by Gasteiger charge is -2.29. The predicted octanol–water partition coefficient (Wildman–Crippen LogP) is 2.02. The molecular formula is C14H21N3O2. The second kappa shape index (κ2) is 4.87. The van der Waals surface area contributed by atoms with Crippen molar-refractivity contribution in [1.82, 2.24) is 9.97 Å². The van der Waals surface area contributed by atoms with Crippen molar-refractivity contribution in [1.29, 1.82) is 0 Å². The summed E-state index contributed by atoms with van der Waals surface area (Å²) in [7, 11) is 1.50. The fourth-order valence-corrected chi connectivity index (χ4v) is 3.91. The van der Waals surface area contributed by atoms with Crippen LogP contribution < -0.4 is 15.6 Å². The fraction of sp³-hybridized carbons (Fsp3) is 0.714. The Balaban J connectivity index is 1.75. The van der Waals surface area contributed by atoms with Crippen molar-refractivity contribution in [3.8, 4) is 5.75 Å². The van der Waals surface area contributed by atoms with Crippen LogP contribution in [0.4, 0.5) is 5.82 Å². The Morgan fingerprint density at radius 2 is 2.32 bits per heavy atom. The minimum atomic E-state index is -0.236. The van der Waals surface area contributed by atoms with E-state index in [1.807, 2.05) is 0 Å². The number of rotatable bonds is 4. The molecule has 2 fully saturated rings. The smallest absolute Gasteiger partial charge is 0.295 e. The van der Waals surface area contributed by atoms with Crippen LogP contribution in [0.25, 0.3) is 0 Å². The molecule has 1 heterocycles. The van der Waals surface area contributed by atoms with Gasteiger partial charge >= 0.3 is 0 Å². The van der Waals surface area contributed by atoms with E-state index in [0.29, 0.717) is 17.8 Å². The molecule has 2 N–H and O–H groups in total. The van der Waals surface area contributed by atoms with E-state index in [0.717, 1.165) is 11.8 Å². The molecule has 2 bridgehead atoms. The number of fused-ring (bicyclic) bond motifs is 2. The van der Waals surface area contributed by atoms with E-state index in [2.05, 4.69) is 22.2 Å². The first-order chi connectivity index (χ1) is 9.19. The van der Waals surface area contributed by atoms with Gasteiger partial charge in [-0.2, -0.15) is 0 Å². The van der Waals surface area contributed by atoms with Gasteiger partial charge in [-0.05, 0) is 43.9 Å². The Morgan fingerprint density at radius 3 is 2.95 bits per heavy atom. The van der Waals surface area contributed by atoms with Crippen LogP contribution in [0.15, 0.2) is 11.1 Å². The monoisotopic (exact) mass is 263 g/mol. The zero-order chi connectivity index (χ0) is 13.4. The quantitative estimate of drug-likeness (QED) is 0.872. The third kappa shape index (κ3) is 2.22. The Kier molecular flexibility index (Phi) is 3.21. The topological polar surface area (TPSA) is 67.0 Å². The number of aromatic amines is 1. The highest BCUT2D eigenvalue weighted by atomic mass is 16.5. The first-order valence-electron chi connectivity index (χ1n) is 7.07. The van der Waals surface area contributed by atoms with Crippen molar-refractivity contribution in [2.45, 2.75) is 38.6 Å². The lowest BCUT2D eigenvalue weighted by atomic mass is 9.84. The van der Waals surface area contributed by atoms with E-state index in [1.54, 1.807) is 0 Å². The second-order valence-electron chi connectivity index (χ2n) is 5.89. The zero-order valence-electron chi connectivity index (χ0n) is 11.5. The van der Waals surface area contributed by atoms with Gasteiger partial charge in [0, 0.05) is 6.04 Å². The molecule has 19 heavy (non-hydrogen) atoms. The molecule has 0 aliphatic heterocycles. The Morgan fingerprint density at radius 1 is 1.47 bits per heavy atom. The van der Waals surface area contributed by atoms with Gasteiger partial charge in [-0.15, -0.1) is 0 Å². The van der Waals surface area contributed by atoms with E-state index in [-0.39, 0.29) is 11.3 Å². The molecule has 4 atom stereocenters. The lowest BCUT2D eigenvalue weighted by Crippen LogP contribution is -2.31. The molecule has 0 saturated heterocycles. The van der Waals surface area contributed by atoms with E-state index < -0.39 is 0 Å². The van der Waals surface area contributed by atoms with Crippen LogP contribution in [-0.4, -0.2) is 23.1 Å². The molecule has 0 amide bonds. The highest BCUT2D eigenvalue weighted by Crippen LogP contribution is 2.49. The van der Waals surface area contributed by atoms with E-state index in [1.165, 1.54) is 39.1 Å². The summed E-state index contributed by atoms with van der Waals surface area (Å²) in [5, 5.41) is 3.37. The number of hydrogen-bond acceptors (Lipinski definition) is 4. The normalized spacial score (nSPS) is 30.3. The van der Waals surface area contributed by atoms with Gasteiger partial charge in [-0.3, -0.25) is 4.79 Å². The number of nitrogens with one attached hydrogen (secondary N) is 2. The molecule has 5 nitrogen and oxygen atoms in total. The minimum absolute atomic E-state index is 0.236. The first kappa shape index (κ1) is 12.5. The molecule has 2 aliphatic rings. The maximum absolute atomic E-state index is 11.6. The first-order valence-corrected chi connectivity index (χ1v) is 7.07. The molecule has 4 unspecified atom stereocenters. The van der Waals surface area contributed by atoms with Crippen molar-refractivity contribution < 1.29 is 4.74 Å². The van der Waals surface area contributed by atoms with Gasteiger partial charge in [-0.25, -0.2) is 4.98 Å². The van der Waals surface area contributed by atoms with Crippen LogP contribution in [0.3, 0.4) is 0 Å². The van der Waals surface area contributed by atoms with Crippen LogP contribution >= 0.6 is 0 Å². The maximum Gasteiger partial charge on any atom is 0.295 e. The number of H-pyrrole nitrogens is 1. The molecule has 5 heteroatoms. The average molecular weight is 263 g/mol.